The van der Waals surface area contributed by atoms with Gasteiger partial charge in [0, 0.05) is 27.5 Å². The molecule has 12 rings (SSSR count). The first-order valence-electron chi connectivity index (χ1n) is 21.0. The summed E-state index contributed by atoms with van der Waals surface area (Å²) in [6.45, 7) is 0. The first-order valence-corrected chi connectivity index (χ1v) is 21.0. The largest absolute Gasteiger partial charge is 0.456 e. The van der Waals surface area contributed by atoms with E-state index in [-0.39, 0.29) is 0 Å². The summed E-state index contributed by atoms with van der Waals surface area (Å²) in [5, 5.41) is 2.15. The van der Waals surface area contributed by atoms with Crippen molar-refractivity contribution in [1.82, 2.24) is 15.0 Å². The minimum Gasteiger partial charge on any atom is -0.456 e. The topological polar surface area (TPSA) is 51.8 Å². The Kier molecular flexibility index (Phi) is 8.36. The average molecular weight is 792 g/mol. The van der Waals surface area contributed by atoms with E-state index < -0.39 is 5.41 Å². The molecule has 0 unspecified atom stereocenters. The number of hydrogen-bond acceptors (Lipinski definition) is 4. The van der Waals surface area contributed by atoms with Gasteiger partial charge in [0.25, 0.3) is 0 Å². The third-order valence-electron chi connectivity index (χ3n) is 12.4. The number of furan rings is 1. The third-order valence-corrected chi connectivity index (χ3v) is 12.4. The Labute approximate surface area is 359 Å². The molecule has 2 aromatic heterocycles. The fourth-order valence-corrected chi connectivity index (χ4v) is 9.60. The molecule has 0 spiro atoms. The molecule has 0 saturated carbocycles. The molecular formula is C58H37N3O. The predicted octanol–water partition coefficient (Wildman–Crippen LogP) is 14.5. The molecule has 0 amide bonds. The molecule has 0 N–H and O–H groups in total. The molecule has 4 heteroatoms. The summed E-state index contributed by atoms with van der Waals surface area (Å²) < 4.78 is 6.28. The van der Waals surface area contributed by atoms with Crippen molar-refractivity contribution < 1.29 is 4.42 Å². The lowest BCUT2D eigenvalue weighted by molar-refractivity contribution is 0.669. The molecule has 4 nitrogen and oxygen atoms in total. The fraction of sp³-hybridized carbons (Fsp3) is 0.0172. The van der Waals surface area contributed by atoms with Crippen LogP contribution in [0.4, 0.5) is 0 Å². The van der Waals surface area contributed by atoms with E-state index in [1.165, 1.54) is 44.5 Å². The highest BCUT2D eigenvalue weighted by Crippen LogP contribution is 2.58. The maximum absolute atomic E-state index is 6.28. The first-order chi connectivity index (χ1) is 30.7. The average Bonchev–Trinajstić information content (AvgIpc) is 3.87. The first kappa shape index (κ1) is 35.7. The van der Waals surface area contributed by atoms with Crippen molar-refractivity contribution in [3.05, 3.63) is 247 Å². The standard InChI is InChI=1S/C58H37N3O/c1-5-17-38(18-6-1)48-36-50-45-25-13-15-27-51(45)58(43-21-9-3-10-22-43,44-23-11-4-12-24-44)52(50)37-49(48)39-29-31-41(32-30-39)56-59-55(40-19-7-2-8-20-40)60-57(61-56)42-33-34-47-46-26-14-16-28-53(46)62-54(47)35-42/h1-37H. The van der Waals surface area contributed by atoms with Gasteiger partial charge in [0.2, 0.25) is 0 Å². The Morgan fingerprint density at radius 3 is 1.44 bits per heavy atom. The summed E-state index contributed by atoms with van der Waals surface area (Å²) in [5.74, 6) is 1.80. The summed E-state index contributed by atoms with van der Waals surface area (Å²) in [6.07, 6.45) is 0. The molecule has 0 fully saturated rings. The second kappa shape index (κ2) is 14.5. The van der Waals surface area contributed by atoms with Gasteiger partial charge >= 0.3 is 0 Å². The summed E-state index contributed by atoms with van der Waals surface area (Å²) >= 11 is 0. The molecule has 1 aliphatic carbocycles. The van der Waals surface area contributed by atoms with E-state index in [0.29, 0.717) is 17.5 Å². The van der Waals surface area contributed by atoms with E-state index in [1.54, 1.807) is 0 Å². The van der Waals surface area contributed by atoms with E-state index >= 15 is 0 Å². The van der Waals surface area contributed by atoms with Crippen LogP contribution in [-0.4, -0.2) is 15.0 Å². The number of hydrogen-bond donors (Lipinski definition) is 0. The normalized spacial score (nSPS) is 12.6. The van der Waals surface area contributed by atoms with Crippen LogP contribution in [0.2, 0.25) is 0 Å². The van der Waals surface area contributed by atoms with Gasteiger partial charge in [-0.3, -0.25) is 0 Å². The van der Waals surface area contributed by atoms with E-state index in [4.69, 9.17) is 19.4 Å². The van der Waals surface area contributed by atoms with E-state index in [0.717, 1.165) is 49.8 Å². The van der Waals surface area contributed by atoms with Crippen LogP contribution in [0.25, 0.3) is 89.5 Å². The highest BCUT2D eigenvalue weighted by molar-refractivity contribution is 6.05. The summed E-state index contributed by atoms with van der Waals surface area (Å²) in [7, 11) is 0. The molecule has 11 aromatic rings. The molecular weight excluding hydrogens is 755 g/mol. The molecule has 0 radical (unpaired) electrons. The van der Waals surface area contributed by atoms with Gasteiger partial charge in [-0.1, -0.05) is 194 Å². The van der Waals surface area contributed by atoms with Gasteiger partial charge in [0.1, 0.15) is 11.2 Å². The van der Waals surface area contributed by atoms with Crippen molar-refractivity contribution in [2.45, 2.75) is 5.41 Å². The van der Waals surface area contributed by atoms with Gasteiger partial charge in [0.15, 0.2) is 17.5 Å². The van der Waals surface area contributed by atoms with Gasteiger partial charge in [-0.05, 0) is 86.0 Å². The number of rotatable bonds is 7. The molecule has 9 aromatic carbocycles. The van der Waals surface area contributed by atoms with Crippen LogP contribution in [0.15, 0.2) is 229 Å². The van der Waals surface area contributed by atoms with Crippen LogP contribution in [-0.2, 0) is 5.41 Å². The van der Waals surface area contributed by atoms with Gasteiger partial charge in [-0.2, -0.15) is 0 Å². The SMILES string of the molecule is c1ccc(-c2nc(-c3ccc(-c4cc5c(cc4-c4ccccc4)-c4ccccc4C5(c4ccccc4)c4ccccc4)cc3)nc(-c3ccc4c(c3)oc3ccccc34)n2)cc1. The zero-order valence-electron chi connectivity index (χ0n) is 33.6. The van der Waals surface area contributed by atoms with Gasteiger partial charge in [-0.25, -0.2) is 15.0 Å². The number of benzene rings is 9. The van der Waals surface area contributed by atoms with Gasteiger partial charge in [0.05, 0.1) is 5.41 Å². The van der Waals surface area contributed by atoms with Gasteiger partial charge in [-0.15, -0.1) is 0 Å². The van der Waals surface area contributed by atoms with E-state index in [1.807, 2.05) is 54.6 Å². The van der Waals surface area contributed by atoms with Crippen LogP contribution >= 0.6 is 0 Å². The molecule has 0 atom stereocenters. The Bertz CT molecular complexity index is 3390. The number of nitrogens with zero attached hydrogens (tertiary/aromatic N) is 3. The monoisotopic (exact) mass is 791 g/mol. The second-order valence-corrected chi connectivity index (χ2v) is 15.9. The summed E-state index contributed by atoms with van der Waals surface area (Å²) in [4.78, 5) is 15.2. The van der Waals surface area contributed by atoms with Gasteiger partial charge < -0.3 is 4.42 Å². The maximum atomic E-state index is 6.28. The lowest BCUT2D eigenvalue weighted by Gasteiger charge is -2.34. The summed E-state index contributed by atoms with van der Waals surface area (Å²) in [6, 6.07) is 79.7. The molecule has 1 aliphatic rings. The molecule has 290 valence electrons. The van der Waals surface area contributed by atoms with Crippen molar-refractivity contribution in [1.29, 1.82) is 0 Å². The minimum atomic E-state index is -0.515. The summed E-state index contributed by atoms with van der Waals surface area (Å²) in [5.41, 5.74) is 16.0. The Balaban J connectivity index is 1.03. The fourth-order valence-electron chi connectivity index (χ4n) is 9.60. The van der Waals surface area contributed by atoms with Crippen LogP contribution < -0.4 is 0 Å². The number of fused-ring (bicyclic) bond motifs is 6. The van der Waals surface area contributed by atoms with E-state index in [2.05, 4.69) is 170 Å². The molecule has 0 aliphatic heterocycles. The highest BCUT2D eigenvalue weighted by atomic mass is 16.3. The molecule has 0 bridgehead atoms. The van der Waals surface area contributed by atoms with Crippen molar-refractivity contribution in [2.75, 3.05) is 0 Å². The Morgan fingerprint density at radius 1 is 0.290 bits per heavy atom. The quantitative estimate of drug-likeness (QED) is 0.161. The smallest absolute Gasteiger partial charge is 0.164 e. The van der Waals surface area contributed by atoms with Crippen molar-refractivity contribution >= 4 is 21.9 Å². The predicted molar refractivity (Wildman–Crippen MR) is 252 cm³/mol. The molecule has 0 saturated heterocycles. The van der Waals surface area contributed by atoms with Crippen LogP contribution in [0.1, 0.15) is 22.3 Å². The lowest BCUT2D eigenvalue weighted by Crippen LogP contribution is -2.28. The van der Waals surface area contributed by atoms with Crippen LogP contribution in [0.5, 0.6) is 0 Å². The Morgan fingerprint density at radius 2 is 0.758 bits per heavy atom. The van der Waals surface area contributed by atoms with Crippen molar-refractivity contribution in [3.8, 4) is 67.5 Å². The third kappa shape index (κ3) is 5.72. The van der Waals surface area contributed by atoms with Crippen LogP contribution in [0.3, 0.4) is 0 Å². The lowest BCUT2D eigenvalue weighted by atomic mass is 9.67. The van der Waals surface area contributed by atoms with Crippen molar-refractivity contribution in [2.24, 2.45) is 0 Å². The van der Waals surface area contributed by atoms with Crippen LogP contribution in [0, 0.1) is 0 Å². The second-order valence-electron chi connectivity index (χ2n) is 15.9. The zero-order chi connectivity index (χ0) is 41.0. The zero-order valence-corrected chi connectivity index (χ0v) is 33.6. The highest BCUT2D eigenvalue weighted by Gasteiger charge is 2.46. The minimum absolute atomic E-state index is 0.515. The number of para-hydroxylation sites is 1. The maximum Gasteiger partial charge on any atom is 0.164 e. The Hall–Kier alpha value is -8.21. The molecule has 62 heavy (non-hydrogen) atoms. The number of aromatic nitrogens is 3. The van der Waals surface area contributed by atoms with Crippen molar-refractivity contribution in [3.63, 3.8) is 0 Å². The van der Waals surface area contributed by atoms with E-state index in [9.17, 15) is 0 Å². The molecule has 2 heterocycles.